The Labute approximate surface area is 264 Å². The molecule has 8 nitrogen and oxygen atoms in total. The minimum absolute atomic E-state index is 0.00283. The number of piperazine rings is 1. The number of methoxy groups -OCH3 is 1. The monoisotopic (exact) mass is 629 g/mol. The number of nitrogens with one attached hydrogen (secondary N) is 1. The zero-order chi connectivity index (χ0) is 31.7. The number of fused-ring (bicyclic) bond motifs is 5. The predicted molar refractivity (Wildman–Crippen MR) is 169 cm³/mol. The number of anilines is 1. The van der Waals surface area contributed by atoms with Crippen LogP contribution in [-0.4, -0.2) is 83.7 Å². The Morgan fingerprint density at radius 1 is 1.13 bits per heavy atom. The van der Waals surface area contributed by atoms with E-state index in [-0.39, 0.29) is 63.8 Å². The van der Waals surface area contributed by atoms with Gasteiger partial charge in [-0.1, -0.05) is 12.0 Å². The van der Waals surface area contributed by atoms with Gasteiger partial charge in [-0.15, -0.1) is 6.42 Å². The summed E-state index contributed by atoms with van der Waals surface area (Å²) in [6.45, 7) is 2.74. The summed E-state index contributed by atoms with van der Waals surface area (Å²) >= 11 is 0. The molecule has 3 aromatic carbocycles. The van der Waals surface area contributed by atoms with Crippen LogP contribution in [0.5, 0.6) is 17.5 Å². The van der Waals surface area contributed by atoms with Gasteiger partial charge in [-0.3, -0.25) is 4.90 Å². The summed E-state index contributed by atoms with van der Waals surface area (Å²) in [4.78, 5) is 13.7. The van der Waals surface area contributed by atoms with Crippen molar-refractivity contribution in [3.8, 4) is 41.0 Å². The van der Waals surface area contributed by atoms with Gasteiger partial charge in [-0.2, -0.15) is 9.97 Å². The molecule has 0 amide bonds. The van der Waals surface area contributed by atoms with E-state index in [2.05, 4.69) is 26.0 Å². The van der Waals surface area contributed by atoms with Gasteiger partial charge in [0.1, 0.15) is 41.4 Å². The van der Waals surface area contributed by atoms with Gasteiger partial charge >= 0.3 is 6.01 Å². The molecule has 4 aliphatic heterocycles. The van der Waals surface area contributed by atoms with Crippen LogP contribution in [0.3, 0.4) is 0 Å². The summed E-state index contributed by atoms with van der Waals surface area (Å²) in [5, 5.41) is 15.4. The number of halogens is 3. The van der Waals surface area contributed by atoms with Crippen molar-refractivity contribution in [3.63, 3.8) is 0 Å². The van der Waals surface area contributed by atoms with Crippen LogP contribution in [0.25, 0.3) is 32.8 Å². The number of terminal acetylenes is 1. The summed E-state index contributed by atoms with van der Waals surface area (Å²) in [6, 6.07) is 7.75. The Balaban J connectivity index is 1.32. The topological polar surface area (TPSA) is 83.0 Å². The summed E-state index contributed by atoms with van der Waals surface area (Å²) < 4.78 is 58.6. The SMILES string of the molecule is C#Cc1c(F)ccc2cc(O)cc(-c3c(OC)cc4c(N5CC6CCC(C5)N6)nc(OC[C@@]56CCCN5C[C@H](F)C6)nc4c3F)c12. The zero-order valence-electron chi connectivity index (χ0n) is 25.5. The van der Waals surface area contributed by atoms with Gasteiger partial charge in [-0.25, -0.2) is 13.2 Å². The Kier molecular flexibility index (Phi) is 6.92. The standard InChI is InChI=1S/C35H34F3N5O3/c1-3-24-27(37)8-5-19-11-23(44)12-25(29(19)24)30-28(45-2)13-26-32(31(30)38)40-34(41-33(26)42-16-21-6-7-22(17-42)39-21)46-18-35-9-4-10-43(35)15-20(36)14-35/h1,5,8,11-13,20-22,39,44H,4,6-7,9-10,14-18H2,2H3/t20-,21?,22?,35+/m1/s1. The third-order valence-corrected chi connectivity index (χ3v) is 10.3. The lowest BCUT2D eigenvalue weighted by molar-refractivity contribution is 0.107. The first-order valence-corrected chi connectivity index (χ1v) is 15.8. The van der Waals surface area contributed by atoms with Gasteiger partial charge in [0.15, 0.2) is 5.82 Å². The minimum atomic E-state index is -0.921. The van der Waals surface area contributed by atoms with Crippen molar-refractivity contribution in [3.05, 3.63) is 47.5 Å². The molecule has 4 fully saturated rings. The number of aromatic nitrogens is 2. The molecule has 0 saturated carbocycles. The minimum Gasteiger partial charge on any atom is -0.508 e. The fraction of sp³-hybridized carbons (Fsp3) is 0.429. The highest BCUT2D eigenvalue weighted by Gasteiger charge is 2.49. The van der Waals surface area contributed by atoms with Gasteiger partial charge in [0.05, 0.1) is 23.8 Å². The van der Waals surface area contributed by atoms with Crippen LogP contribution in [0.4, 0.5) is 19.0 Å². The van der Waals surface area contributed by atoms with E-state index in [9.17, 15) is 13.9 Å². The van der Waals surface area contributed by atoms with Crippen molar-refractivity contribution in [2.45, 2.75) is 55.9 Å². The number of phenolic OH excluding ortho intramolecular Hbond substituents is 1. The van der Waals surface area contributed by atoms with E-state index in [1.807, 2.05) is 0 Å². The van der Waals surface area contributed by atoms with E-state index in [1.165, 1.54) is 31.4 Å². The van der Waals surface area contributed by atoms with Crippen molar-refractivity contribution in [2.24, 2.45) is 0 Å². The van der Waals surface area contributed by atoms with E-state index < -0.39 is 23.3 Å². The Morgan fingerprint density at radius 3 is 2.70 bits per heavy atom. The number of hydrogen-bond acceptors (Lipinski definition) is 8. The molecule has 1 aromatic heterocycles. The second kappa shape index (κ2) is 10.9. The van der Waals surface area contributed by atoms with Crippen LogP contribution in [0.15, 0.2) is 30.3 Å². The highest BCUT2D eigenvalue weighted by atomic mass is 19.1. The van der Waals surface area contributed by atoms with Gasteiger partial charge in [-0.05, 0) is 61.9 Å². The Morgan fingerprint density at radius 2 is 1.93 bits per heavy atom. The van der Waals surface area contributed by atoms with Gasteiger partial charge in [0, 0.05) is 54.5 Å². The van der Waals surface area contributed by atoms with Crippen molar-refractivity contribution >= 4 is 27.5 Å². The molecule has 2 N–H and O–H groups in total. The van der Waals surface area contributed by atoms with Crippen molar-refractivity contribution < 1.29 is 27.8 Å². The summed E-state index contributed by atoms with van der Waals surface area (Å²) in [7, 11) is 1.42. The van der Waals surface area contributed by atoms with Crippen molar-refractivity contribution in [2.75, 3.05) is 44.8 Å². The third kappa shape index (κ3) is 4.61. The molecule has 46 heavy (non-hydrogen) atoms. The molecule has 4 aromatic rings. The highest BCUT2D eigenvalue weighted by Crippen LogP contribution is 2.46. The molecule has 11 heteroatoms. The fourth-order valence-corrected chi connectivity index (χ4v) is 8.27. The first-order chi connectivity index (χ1) is 22.3. The maximum Gasteiger partial charge on any atom is 0.319 e. The molecule has 2 bridgehead atoms. The van der Waals surface area contributed by atoms with E-state index in [0.717, 1.165) is 32.2 Å². The van der Waals surface area contributed by atoms with Crippen LogP contribution in [-0.2, 0) is 0 Å². The first-order valence-electron chi connectivity index (χ1n) is 15.8. The Hall–Kier alpha value is -4.27. The Bertz CT molecular complexity index is 1920. The molecular weight excluding hydrogens is 595 g/mol. The fourth-order valence-electron chi connectivity index (χ4n) is 8.27. The maximum absolute atomic E-state index is 17.2. The third-order valence-electron chi connectivity index (χ3n) is 10.3. The lowest BCUT2D eigenvalue weighted by Crippen LogP contribution is -2.51. The molecule has 4 aliphatic rings. The maximum atomic E-state index is 17.2. The largest absolute Gasteiger partial charge is 0.508 e. The lowest BCUT2D eigenvalue weighted by atomic mass is 9.92. The smallest absolute Gasteiger partial charge is 0.319 e. The molecule has 4 saturated heterocycles. The van der Waals surface area contributed by atoms with Crippen LogP contribution in [0.1, 0.15) is 37.7 Å². The molecule has 0 spiro atoms. The molecule has 0 radical (unpaired) electrons. The van der Waals surface area contributed by atoms with E-state index in [4.69, 9.17) is 20.9 Å². The van der Waals surface area contributed by atoms with E-state index >= 15 is 4.39 Å². The lowest BCUT2D eigenvalue weighted by Gasteiger charge is -2.35. The first kappa shape index (κ1) is 29.2. The molecule has 8 rings (SSSR count). The molecular formula is C35H34F3N5O3. The van der Waals surface area contributed by atoms with Gasteiger partial charge < -0.3 is 24.8 Å². The van der Waals surface area contributed by atoms with E-state index in [1.54, 1.807) is 6.07 Å². The number of benzene rings is 3. The molecule has 5 heterocycles. The number of hydrogen-bond donors (Lipinski definition) is 2. The highest BCUT2D eigenvalue weighted by molar-refractivity contribution is 6.05. The average molecular weight is 630 g/mol. The number of phenols is 1. The molecule has 4 atom stereocenters. The van der Waals surface area contributed by atoms with Gasteiger partial charge in [0.25, 0.3) is 0 Å². The quantitative estimate of drug-likeness (QED) is 0.278. The normalized spacial score (nSPS) is 25.7. The number of nitrogens with zero attached hydrogens (tertiary/aromatic N) is 4. The predicted octanol–water partition coefficient (Wildman–Crippen LogP) is 5.32. The molecule has 2 unspecified atom stereocenters. The number of rotatable bonds is 6. The summed E-state index contributed by atoms with van der Waals surface area (Å²) in [5.41, 5.74) is -0.355. The van der Waals surface area contributed by atoms with E-state index in [0.29, 0.717) is 42.6 Å². The van der Waals surface area contributed by atoms with Crippen LogP contribution in [0.2, 0.25) is 0 Å². The number of aromatic hydroxyl groups is 1. The number of alkyl halides is 1. The van der Waals surface area contributed by atoms with Crippen molar-refractivity contribution in [1.82, 2.24) is 20.2 Å². The second-order valence-electron chi connectivity index (χ2n) is 13.1. The second-order valence-corrected chi connectivity index (χ2v) is 13.1. The van der Waals surface area contributed by atoms with Crippen LogP contribution in [0, 0.1) is 24.0 Å². The average Bonchev–Trinajstić information content (AvgIpc) is 3.69. The molecule has 0 aliphatic carbocycles. The molecule has 238 valence electrons. The zero-order valence-corrected chi connectivity index (χ0v) is 25.5. The summed E-state index contributed by atoms with van der Waals surface area (Å²) in [5.74, 6) is 1.54. The van der Waals surface area contributed by atoms with Crippen LogP contribution >= 0.6 is 0 Å². The summed E-state index contributed by atoms with van der Waals surface area (Å²) in [6.07, 6.45) is 9.03. The number of ether oxygens (including phenoxy) is 2. The van der Waals surface area contributed by atoms with Crippen molar-refractivity contribution in [1.29, 1.82) is 0 Å². The van der Waals surface area contributed by atoms with Crippen LogP contribution < -0.4 is 19.7 Å². The van der Waals surface area contributed by atoms with Gasteiger partial charge in [0.2, 0.25) is 0 Å².